The van der Waals surface area contributed by atoms with E-state index in [1.165, 1.54) is 16.7 Å². The van der Waals surface area contributed by atoms with E-state index in [4.69, 9.17) is 0 Å². The summed E-state index contributed by atoms with van der Waals surface area (Å²) in [5.41, 5.74) is 4.37. The highest BCUT2D eigenvalue weighted by Gasteiger charge is 2.19. The molecule has 0 aliphatic carbocycles. The van der Waals surface area contributed by atoms with Crippen molar-refractivity contribution in [3.63, 3.8) is 0 Å². The molecule has 0 aliphatic rings. The molecule has 1 aromatic rings. The maximum Gasteiger partial charge on any atom is 0.0271 e. The SMILES string of the molecule is Cc1cccc(CNCC(C)(C)N(C)C)c1C. The number of nitrogens with one attached hydrogen (secondary N) is 1. The van der Waals surface area contributed by atoms with Crippen molar-refractivity contribution >= 4 is 0 Å². The van der Waals surface area contributed by atoms with Crippen LogP contribution in [0.25, 0.3) is 0 Å². The Morgan fingerprint density at radius 3 is 2.41 bits per heavy atom. The highest BCUT2D eigenvalue weighted by molar-refractivity contribution is 5.32. The molecule has 0 heterocycles. The van der Waals surface area contributed by atoms with Gasteiger partial charge in [0.15, 0.2) is 0 Å². The van der Waals surface area contributed by atoms with Gasteiger partial charge in [-0.2, -0.15) is 0 Å². The largest absolute Gasteiger partial charge is 0.311 e. The lowest BCUT2D eigenvalue weighted by Gasteiger charge is -2.32. The summed E-state index contributed by atoms with van der Waals surface area (Å²) in [7, 11) is 4.25. The zero-order valence-corrected chi connectivity index (χ0v) is 12.1. The molecular formula is C15H26N2. The minimum Gasteiger partial charge on any atom is -0.311 e. The Labute approximate surface area is 106 Å². The van der Waals surface area contributed by atoms with E-state index in [0.29, 0.717) is 0 Å². The second-order valence-corrected chi connectivity index (χ2v) is 5.67. The molecule has 2 heteroatoms. The summed E-state index contributed by atoms with van der Waals surface area (Å²) in [4.78, 5) is 2.25. The molecule has 1 rings (SSSR count). The van der Waals surface area contributed by atoms with Crippen LogP contribution in [0.3, 0.4) is 0 Å². The van der Waals surface area contributed by atoms with E-state index in [9.17, 15) is 0 Å². The van der Waals surface area contributed by atoms with E-state index in [1.54, 1.807) is 0 Å². The summed E-state index contributed by atoms with van der Waals surface area (Å²) in [6.45, 7) is 10.8. The molecule has 1 N–H and O–H groups in total. The van der Waals surface area contributed by atoms with Gasteiger partial charge in [0, 0.05) is 18.6 Å². The van der Waals surface area contributed by atoms with Crippen molar-refractivity contribution in [2.24, 2.45) is 0 Å². The highest BCUT2D eigenvalue weighted by Crippen LogP contribution is 2.13. The van der Waals surface area contributed by atoms with Gasteiger partial charge in [-0.15, -0.1) is 0 Å². The third-order valence-electron chi connectivity index (χ3n) is 3.80. The summed E-state index contributed by atoms with van der Waals surface area (Å²) >= 11 is 0. The first-order valence-corrected chi connectivity index (χ1v) is 6.28. The summed E-state index contributed by atoms with van der Waals surface area (Å²) in [5.74, 6) is 0. The van der Waals surface area contributed by atoms with Crippen LogP contribution in [0.2, 0.25) is 0 Å². The monoisotopic (exact) mass is 234 g/mol. The number of hydrogen-bond donors (Lipinski definition) is 1. The van der Waals surface area contributed by atoms with Gasteiger partial charge in [0.1, 0.15) is 0 Å². The van der Waals surface area contributed by atoms with E-state index < -0.39 is 0 Å². The predicted octanol–water partition coefficient (Wildman–Crippen LogP) is 2.73. The number of rotatable bonds is 5. The fourth-order valence-corrected chi connectivity index (χ4v) is 1.66. The topological polar surface area (TPSA) is 15.3 Å². The van der Waals surface area contributed by atoms with Crippen LogP contribution in [-0.2, 0) is 6.54 Å². The minimum absolute atomic E-state index is 0.192. The van der Waals surface area contributed by atoms with E-state index in [0.717, 1.165) is 13.1 Å². The summed E-state index contributed by atoms with van der Waals surface area (Å²) in [6, 6.07) is 6.51. The molecule has 1 aromatic carbocycles. The van der Waals surface area contributed by atoms with Crippen molar-refractivity contribution in [2.45, 2.75) is 39.8 Å². The van der Waals surface area contributed by atoms with Crippen LogP contribution in [0, 0.1) is 13.8 Å². The molecule has 0 fully saturated rings. The van der Waals surface area contributed by atoms with Gasteiger partial charge in [-0.25, -0.2) is 0 Å². The molecule has 0 aromatic heterocycles. The Kier molecular flexibility index (Phi) is 4.72. The number of benzene rings is 1. The Hall–Kier alpha value is -0.860. The maximum atomic E-state index is 3.55. The molecule has 2 nitrogen and oxygen atoms in total. The molecule has 0 amide bonds. The highest BCUT2D eigenvalue weighted by atomic mass is 15.2. The molecule has 17 heavy (non-hydrogen) atoms. The van der Waals surface area contributed by atoms with Crippen molar-refractivity contribution in [2.75, 3.05) is 20.6 Å². The van der Waals surface area contributed by atoms with Gasteiger partial charge >= 0.3 is 0 Å². The second kappa shape index (κ2) is 5.65. The number of aryl methyl sites for hydroxylation is 1. The van der Waals surface area contributed by atoms with Crippen molar-refractivity contribution in [3.05, 3.63) is 34.9 Å². The molecule has 0 radical (unpaired) electrons. The summed E-state index contributed by atoms with van der Waals surface area (Å²) < 4.78 is 0. The Morgan fingerprint density at radius 1 is 1.18 bits per heavy atom. The molecule has 0 atom stereocenters. The standard InChI is InChI=1S/C15H26N2/c1-12-8-7-9-14(13(12)2)10-16-11-15(3,4)17(5)6/h7-9,16H,10-11H2,1-6H3. The van der Waals surface area contributed by atoms with Crippen LogP contribution in [0.5, 0.6) is 0 Å². The van der Waals surface area contributed by atoms with Crippen LogP contribution in [0.1, 0.15) is 30.5 Å². The lowest BCUT2D eigenvalue weighted by Crippen LogP contribution is -2.46. The minimum atomic E-state index is 0.192. The molecule has 0 saturated carbocycles. The van der Waals surface area contributed by atoms with Gasteiger partial charge in [0.2, 0.25) is 0 Å². The number of hydrogen-bond acceptors (Lipinski definition) is 2. The van der Waals surface area contributed by atoms with Crippen molar-refractivity contribution < 1.29 is 0 Å². The van der Waals surface area contributed by atoms with Crippen LogP contribution in [0.15, 0.2) is 18.2 Å². The second-order valence-electron chi connectivity index (χ2n) is 5.67. The van der Waals surface area contributed by atoms with Crippen molar-refractivity contribution in [3.8, 4) is 0 Å². The van der Waals surface area contributed by atoms with E-state index in [1.807, 2.05) is 0 Å². The summed E-state index contributed by atoms with van der Waals surface area (Å²) in [5, 5.41) is 3.55. The Bertz CT molecular complexity index is 367. The van der Waals surface area contributed by atoms with Gasteiger partial charge in [0.25, 0.3) is 0 Å². The first-order valence-electron chi connectivity index (χ1n) is 6.28. The van der Waals surface area contributed by atoms with Crippen LogP contribution >= 0.6 is 0 Å². The van der Waals surface area contributed by atoms with Crippen LogP contribution < -0.4 is 5.32 Å². The molecule has 0 spiro atoms. The van der Waals surface area contributed by atoms with Crippen molar-refractivity contribution in [1.29, 1.82) is 0 Å². The normalized spacial score (nSPS) is 12.2. The number of nitrogens with zero attached hydrogens (tertiary/aromatic N) is 1. The maximum absolute atomic E-state index is 3.55. The first kappa shape index (κ1) is 14.2. The molecular weight excluding hydrogens is 208 g/mol. The molecule has 0 bridgehead atoms. The fourth-order valence-electron chi connectivity index (χ4n) is 1.66. The fraction of sp³-hybridized carbons (Fsp3) is 0.600. The average molecular weight is 234 g/mol. The van der Waals surface area contributed by atoms with E-state index in [2.05, 4.69) is 70.2 Å². The third-order valence-corrected chi connectivity index (χ3v) is 3.80. The van der Waals surface area contributed by atoms with E-state index in [-0.39, 0.29) is 5.54 Å². The van der Waals surface area contributed by atoms with Crippen LogP contribution in [0.4, 0.5) is 0 Å². The predicted molar refractivity (Wildman–Crippen MR) is 75.4 cm³/mol. The molecule has 96 valence electrons. The van der Waals surface area contributed by atoms with Gasteiger partial charge in [-0.3, -0.25) is 0 Å². The molecule has 0 saturated heterocycles. The third kappa shape index (κ3) is 3.83. The molecule has 0 unspecified atom stereocenters. The van der Waals surface area contributed by atoms with Gasteiger partial charge < -0.3 is 10.2 Å². The molecule has 0 aliphatic heterocycles. The zero-order valence-electron chi connectivity index (χ0n) is 12.1. The Balaban J connectivity index is 2.55. The Morgan fingerprint density at radius 2 is 1.82 bits per heavy atom. The smallest absolute Gasteiger partial charge is 0.0271 e. The quantitative estimate of drug-likeness (QED) is 0.843. The van der Waals surface area contributed by atoms with Gasteiger partial charge in [-0.05, 0) is 58.5 Å². The van der Waals surface area contributed by atoms with E-state index >= 15 is 0 Å². The lowest BCUT2D eigenvalue weighted by atomic mass is 10.0. The zero-order chi connectivity index (χ0) is 13.1. The summed E-state index contributed by atoms with van der Waals surface area (Å²) in [6.07, 6.45) is 0. The average Bonchev–Trinajstić information content (AvgIpc) is 2.24. The number of likely N-dealkylation sites (N-methyl/N-ethyl adjacent to an activating group) is 1. The lowest BCUT2D eigenvalue weighted by molar-refractivity contribution is 0.189. The first-order chi connectivity index (χ1) is 7.84. The van der Waals surface area contributed by atoms with Crippen molar-refractivity contribution in [1.82, 2.24) is 10.2 Å². The van der Waals surface area contributed by atoms with Gasteiger partial charge in [0.05, 0.1) is 0 Å². The van der Waals surface area contributed by atoms with Gasteiger partial charge in [-0.1, -0.05) is 18.2 Å². The van der Waals surface area contributed by atoms with Crippen LogP contribution in [-0.4, -0.2) is 31.1 Å².